The molecule has 9 nitrogen and oxygen atoms in total. The lowest BCUT2D eigenvalue weighted by atomic mass is 10.1. The molecule has 3 heterocycles. The number of hydrogen-bond donors (Lipinski definition) is 1. The predicted molar refractivity (Wildman–Crippen MR) is 113 cm³/mol. The van der Waals surface area contributed by atoms with E-state index in [4.69, 9.17) is 18.4 Å². The second-order valence-corrected chi connectivity index (χ2v) is 7.98. The van der Waals surface area contributed by atoms with Crippen molar-refractivity contribution in [2.75, 3.05) is 6.79 Å². The van der Waals surface area contributed by atoms with Gasteiger partial charge in [0.25, 0.3) is 5.91 Å². The topological polar surface area (TPSA) is 107 Å². The summed E-state index contributed by atoms with van der Waals surface area (Å²) in [7, 11) is 0. The fraction of sp³-hybridized carbons (Fsp3) is 0.348. The van der Waals surface area contributed by atoms with Crippen LogP contribution in [-0.2, 0) is 24.4 Å². The first kappa shape index (κ1) is 21.5. The van der Waals surface area contributed by atoms with Gasteiger partial charge in [0.15, 0.2) is 23.0 Å². The molecule has 1 aromatic carbocycles. The third kappa shape index (κ3) is 5.29. The fourth-order valence-corrected chi connectivity index (χ4v) is 3.31. The van der Waals surface area contributed by atoms with Crippen LogP contribution in [0.2, 0.25) is 0 Å². The first-order valence-electron chi connectivity index (χ1n) is 10.4. The molecule has 0 spiro atoms. The lowest BCUT2D eigenvalue weighted by Gasteiger charge is -2.21. The summed E-state index contributed by atoms with van der Waals surface area (Å²) in [5.74, 6) is 2.25. The summed E-state index contributed by atoms with van der Waals surface area (Å²) in [6.07, 6.45) is 1.97. The van der Waals surface area contributed by atoms with Crippen LogP contribution in [0.5, 0.6) is 11.5 Å². The van der Waals surface area contributed by atoms with Gasteiger partial charge in [-0.3, -0.25) is 9.59 Å². The van der Waals surface area contributed by atoms with Crippen LogP contribution in [0.1, 0.15) is 47.8 Å². The second-order valence-electron chi connectivity index (χ2n) is 7.98. The van der Waals surface area contributed by atoms with E-state index in [1.165, 1.54) is 0 Å². The van der Waals surface area contributed by atoms with Crippen molar-refractivity contribution >= 4 is 11.8 Å². The number of rotatable bonds is 9. The van der Waals surface area contributed by atoms with Crippen LogP contribution in [0.4, 0.5) is 0 Å². The third-order valence-corrected chi connectivity index (χ3v) is 4.89. The van der Waals surface area contributed by atoms with Crippen LogP contribution in [0.25, 0.3) is 0 Å². The zero-order valence-corrected chi connectivity index (χ0v) is 18.0. The number of ether oxygens (including phenoxy) is 2. The molecule has 2 amide bonds. The number of amides is 2. The zero-order chi connectivity index (χ0) is 22.5. The highest BCUT2D eigenvalue weighted by Crippen LogP contribution is 2.32. The monoisotopic (exact) mass is 439 g/mol. The molecule has 1 aliphatic rings. The van der Waals surface area contributed by atoms with E-state index in [0.29, 0.717) is 42.5 Å². The summed E-state index contributed by atoms with van der Waals surface area (Å²) in [6.45, 7) is 4.97. The molecule has 4 rings (SSSR count). The van der Waals surface area contributed by atoms with Crippen LogP contribution < -0.4 is 14.8 Å². The molecule has 3 aromatic rings. The van der Waals surface area contributed by atoms with Crippen LogP contribution in [0.15, 0.2) is 51.6 Å². The molecular weight excluding hydrogens is 414 g/mol. The van der Waals surface area contributed by atoms with E-state index in [2.05, 4.69) is 10.5 Å². The summed E-state index contributed by atoms with van der Waals surface area (Å²) in [4.78, 5) is 26.8. The second kappa shape index (κ2) is 9.59. The molecular formula is C23H25N3O6. The van der Waals surface area contributed by atoms with E-state index in [9.17, 15) is 9.59 Å². The largest absolute Gasteiger partial charge is 0.467 e. The van der Waals surface area contributed by atoms with Gasteiger partial charge in [0.2, 0.25) is 12.7 Å². The molecule has 0 atom stereocenters. The smallest absolute Gasteiger partial charge is 0.273 e. The van der Waals surface area contributed by atoms with Gasteiger partial charge in [-0.25, -0.2) is 0 Å². The Morgan fingerprint density at radius 3 is 2.69 bits per heavy atom. The van der Waals surface area contributed by atoms with Crippen molar-refractivity contribution in [2.45, 2.75) is 39.9 Å². The highest BCUT2D eigenvalue weighted by atomic mass is 16.7. The number of fused-ring (bicyclic) bond motifs is 1. The lowest BCUT2D eigenvalue weighted by molar-refractivity contribution is -0.133. The van der Waals surface area contributed by atoms with Gasteiger partial charge in [-0.2, -0.15) is 0 Å². The standard InChI is InChI=1S/C23H25N3O6/c1-15(2)8-22(27)26(12-17-4-3-7-29-17)13-18-10-19(25-32-18)23(28)24-11-16-5-6-20-21(9-16)31-14-30-20/h3-7,9-10,15H,8,11-14H2,1-2H3,(H,24,28). The lowest BCUT2D eigenvalue weighted by Crippen LogP contribution is -2.30. The van der Waals surface area contributed by atoms with E-state index < -0.39 is 0 Å². The maximum absolute atomic E-state index is 12.7. The summed E-state index contributed by atoms with van der Waals surface area (Å²) in [5.41, 5.74) is 1.02. The van der Waals surface area contributed by atoms with Gasteiger partial charge in [0.05, 0.1) is 19.4 Å². The molecule has 9 heteroatoms. The Hall–Kier alpha value is -3.75. The van der Waals surface area contributed by atoms with E-state index in [1.54, 1.807) is 29.4 Å². The Kier molecular flexibility index (Phi) is 6.44. The molecule has 0 fully saturated rings. The molecule has 0 saturated carbocycles. The number of nitrogens with one attached hydrogen (secondary N) is 1. The maximum atomic E-state index is 12.7. The van der Waals surface area contributed by atoms with Crippen molar-refractivity contribution in [3.8, 4) is 11.5 Å². The van der Waals surface area contributed by atoms with Crippen molar-refractivity contribution in [2.24, 2.45) is 5.92 Å². The molecule has 0 saturated heterocycles. The summed E-state index contributed by atoms with van der Waals surface area (Å²) in [6, 6.07) is 10.6. The minimum atomic E-state index is -0.372. The minimum absolute atomic E-state index is 0.0263. The number of nitrogens with zero attached hydrogens (tertiary/aromatic N) is 2. The number of carbonyl (C=O) groups excluding carboxylic acids is 2. The molecule has 0 aliphatic carbocycles. The Morgan fingerprint density at radius 2 is 1.91 bits per heavy atom. The van der Waals surface area contributed by atoms with Crippen molar-refractivity contribution in [1.82, 2.24) is 15.4 Å². The average Bonchev–Trinajstić information content (AvgIpc) is 3.52. The average molecular weight is 439 g/mol. The number of aromatic nitrogens is 1. The Labute approximate surface area is 185 Å². The molecule has 0 bridgehead atoms. The predicted octanol–water partition coefficient (Wildman–Crippen LogP) is 3.50. The van der Waals surface area contributed by atoms with E-state index in [1.807, 2.05) is 32.0 Å². The summed E-state index contributed by atoms with van der Waals surface area (Å²) in [5, 5.41) is 6.67. The fourth-order valence-electron chi connectivity index (χ4n) is 3.31. The Bertz CT molecular complexity index is 1070. The highest BCUT2D eigenvalue weighted by molar-refractivity contribution is 5.92. The van der Waals surface area contributed by atoms with Gasteiger partial charge in [-0.15, -0.1) is 0 Å². The normalized spacial score (nSPS) is 12.2. The van der Waals surface area contributed by atoms with Crippen molar-refractivity contribution in [1.29, 1.82) is 0 Å². The van der Waals surface area contributed by atoms with Crippen LogP contribution in [0, 0.1) is 5.92 Å². The first-order chi connectivity index (χ1) is 15.5. The van der Waals surface area contributed by atoms with Gasteiger partial charge < -0.3 is 28.6 Å². The minimum Gasteiger partial charge on any atom is -0.467 e. The van der Waals surface area contributed by atoms with Crippen molar-refractivity contribution in [3.63, 3.8) is 0 Å². The van der Waals surface area contributed by atoms with E-state index >= 15 is 0 Å². The van der Waals surface area contributed by atoms with E-state index in [-0.39, 0.29) is 36.8 Å². The molecule has 0 unspecified atom stereocenters. The van der Waals surface area contributed by atoms with Gasteiger partial charge in [-0.1, -0.05) is 25.1 Å². The van der Waals surface area contributed by atoms with Gasteiger partial charge in [-0.05, 0) is 35.7 Å². The van der Waals surface area contributed by atoms with Crippen molar-refractivity contribution in [3.05, 3.63) is 65.4 Å². The molecule has 0 radical (unpaired) electrons. The van der Waals surface area contributed by atoms with Crippen molar-refractivity contribution < 1.29 is 28.0 Å². The van der Waals surface area contributed by atoms with Crippen LogP contribution >= 0.6 is 0 Å². The van der Waals surface area contributed by atoms with Crippen LogP contribution in [-0.4, -0.2) is 28.7 Å². The summed E-state index contributed by atoms with van der Waals surface area (Å²) < 4.78 is 21.4. The highest BCUT2D eigenvalue weighted by Gasteiger charge is 2.21. The van der Waals surface area contributed by atoms with Crippen LogP contribution in [0.3, 0.4) is 0 Å². The Balaban J connectivity index is 1.37. The number of benzene rings is 1. The zero-order valence-electron chi connectivity index (χ0n) is 18.0. The van der Waals surface area contributed by atoms with Gasteiger partial charge in [0, 0.05) is 19.0 Å². The molecule has 168 valence electrons. The number of hydrogen-bond acceptors (Lipinski definition) is 7. The first-order valence-corrected chi connectivity index (χ1v) is 10.4. The summed E-state index contributed by atoms with van der Waals surface area (Å²) >= 11 is 0. The van der Waals surface area contributed by atoms with Gasteiger partial charge >= 0.3 is 0 Å². The SMILES string of the molecule is CC(C)CC(=O)N(Cc1ccco1)Cc1cc(C(=O)NCc2ccc3c(c2)OCO3)no1. The molecule has 1 N–H and O–H groups in total. The van der Waals surface area contributed by atoms with Gasteiger partial charge in [0.1, 0.15) is 5.76 Å². The molecule has 2 aromatic heterocycles. The van der Waals surface area contributed by atoms with E-state index in [0.717, 1.165) is 5.56 Å². The quantitative estimate of drug-likeness (QED) is 0.544. The number of furan rings is 1. The molecule has 32 heavy (non-hydrogen) atoms. The third-order valence-electron chi connectivity index (χ3n) is 4.89. The Morgan fingerprint density at radius 1 is 1.09 bits per heavy atom. The maximum Gasteiger partial charge on any atom is 0.273 e. The number of carbonyl (C=O) groups is 2. The molecule has 1 aliphatic heterocycles.